The van der Waals surface area contributed by atoms with Crippen LogP contribution in [0.5, 0.6) is 17.2 Å². The molecular weight excluding hydrogens is 1070 g/mol. The summed E-state index contributed by atoms with van der Waals surface area (Å²) >= 11 is 0. The molecule has 3 heterocycles. The molecule has 0 saturated heterocycles. The van der Waals surface area contributed by atoms with E-state index in [2.05, 4.69) is 16.0 Å². The molecule has 24 heteroatoms. The first kappa shape index (κ1) is 62.2. The van der Waals surface area contributed by atoms with Crippen LogP contribution >= 0.6 is 0 Å². The second kappa shape index (κ2) is 27.9. The molecule has 0 saturated carbocycles. The highest BCUT2D eigenvalue weighted by Gasteiger charge is 2.86. The molecule has 3 aromatic carbocycles. The fourth-order valence-corrected chi connectivity index (χ4v) is 11.3. The molecule has 3 aromatic heterocycles. The summed E-state index contributed by atoms with van der Waals surface area (Å²) in [4.78, 5) is 104. The van der Waals surface area contributed by atoms with Gasteiger partial charge in [-0.15, -0.1) is 0 Å². The Bertz CT molecular complexity index is 3000. The maximum absolute atomic E-state index is 16.7. The molecule has 0 radical (unpaired) electrons. The predicted molar refractivity (Wildman–Crippen MR) is 299 cm³/mol. The summed E-state index contributed by atoms with van der Waals surface area (Å²) in [5, 5.41) is 59.2. The number of amides is 3. The van der Waals surface area contributed by atoms with Gasteiger partial charge in [-0.25, -0.2) is 14.4 Å². The topological polar surface area (TPSA) is 313 Å². The number of ether oxygens (including phenoxy) is 6. The quantitative estimate of drug-likeness (QED) is 0.0191. The highest BCUT2D eigenvalue weighted by molar-refractivity contribution is 5.72. The van der Waals surface area contributed by atoms with Crippen molar-refractivity contribution in [2.45, 2.75) is 102 Å². The molecule has 0 aliphatic carbocycles. The standard InChI is InChI=1S/C58H69N7O17/c1-7-55(59-52(69)70,49-46(80-37-40-19-13-10-14-20-40)43(66)25-28-62(49)31-34-77-4)58(65(75)76,56(8-2,60-53(71)72)50-47(81-38-41-21-15-11-16-22-41)44(67)26-29-63(50)32-35-78-5)57(9-3,61-54(73)74)51-48(82-39-42-23-17-12-18-24-42)45(68)27-30-64(51)33-36-79-6/h10-30,59-61H,7-9,31-39H2,1-6H3,(H,69,70)(H,71,72)(H,73,74). The van der Waals surface area contributed by atoms with Crippen molar-refractivity contribution in [2.24, 2.45) is 0 Å². The summed E-state index contributed by atoms with van der Waals surface area (Å²) in [5.74, 6) is -2.12. The van der Waals surface area contributed by atoms with E-state index in [0.29, 0.717) is 16.7 Å². The van der Waals surface area contributed by atoms with Gasteiger partial charge in [0.1, 0.15) is 19.8 Å². The number of methoxy groups -OCH3 is 3. The molecule has 6 N–H and O–H groups in total. The number of pyridine rings is 3. The van der Waals surface area contributed by atoms with Crippen LogP contribution < -0.4 is 46.4 Å². The van der Waals surface area contributed by atoms with Crippen LogP contribution in [0, 0.1) is 10.1 Å². The minimum atomic E-state index is -3.92. The Labute approximate surface area is 471 Å². The summed E-state index contributed by atoms with van der Waals surface area (Å²) in [7, 11) is 4.02. The number of rotatable bonds is 31. The number of aromatic nitrogens is 3. The second-order valence-electron chi connectivity index (χ2n) is 19.0. The molecule has 6 rings (SSSR count). The van der Waals surface area contributed by atoms with Crippen LogP contribution in [0.15, 0.2) is 142 Å². The van der Waals surface area contributed by atoms with Gasteiger partial charge < -0.3 is 73.4 Å². The van der Waals surface area contributed by atoms with Gasteiger partial charge in [0, 0.05) is 82.7 Å². The van der Waals surface area contributed by atoms with Gasteiger partial charge in [0.05, 0.1) is 36.9 Å². The number of hydrogen-bond acceptors (Lipinski definition) is 14. The van der Waals surface area contributed by atoms with E-state index in [1.165, 1.54) is 74.4 Å². The minimum Gasteiger partial charge on any atom is -0.483 e. The van der Waals surface area contributed by atoms with E-state index in [-0.39, 0.29) is 39.5 Å². The summed E-state index contributed by atoms with van der Waals surface area (Å²) in [6.07, 6.45) is -5.12. The lowest BCUT2D eigenvalue weighted by Gasteiger charge is -2.60. The van der Waals surface area contributed by atoms with Gasteiger partial charge in [-0.2, -0.15) is 0 Å². The largest absolute Gasteiger partial charge is 0.483 e. The van der Waals surface area contributed by atoms with Crippen molar-refractivity contribution in [3.8, 4) is 17.2 Å². The van der Waals surface area contributed by atoms with Gasteiger partial charge in [0.2, 0.25) is 16.3 Å². The highest BCUT2D eigenvalue weighted by Crippen LogP contribution is 2.62. The van der Waals surface area contributed by atoms with Crippen molar-refractivity contribution in [2.75, 3.05) is 41.2 Å². The molecule has 0 aliphatic rings. The fraction of sp³-hybridized carbons (Fsp3) is 0.379. The van der Waals surface area contributed by atoms with Crippen molar-refractivity contribution in [3.05, 3.63) is 202 Å². The summed E-state index contributed by atoms with van der Waals surface area (Å²) in [6, 6.07) is 28.4. The third-order valence-electron chi connectivity index (χ3n) is 14.6. The minimum absolute atomic E-state index is 0.218. The lowest BCUT2D eigenvalue weighted by atomic mass is 9.49. The number of nitro groups is 1. The zero-order chi connectivity index (χ0) is 59.7. The Hall–Kier alpha value is -9.00. The zero-order valence-corrected chi connectivity index (χ0v) is 46.5. The van der Waals surface area contributed by atoms with Gasteiger partial charge in [-0.1, -0.05) is 112 Å². The van der Waals surface area contributed by atoms with E-state index in [1.54, 1.807) is 91.0 Å². The normalized spacial score (nSPS) is 14.2. The number of hydrogen-bond donors (Lipinski definition) is 6. The van der Waals surface area contributed by atoms with Crippen molar-refractivity contribution < 1.29 is 63.0 Å². The average molecular weight is 1140 g/mol. The molecular formula is C58H69N7O17. The Morgan fingerprint density at radius 2 is 0.732 bits per heavy atom. The summed E-state index contributed by atoms with van der Waals surface area (Å²) in [6.45, 7) is 1.02. The van der Waals surface area contributed by atoms with E-state index in [4.69, 9.17) is 28.4 Å². The molecule has 24 nitrogen and oxygen atoms in total. The number of nitrogens with one attached hydrogen (secondary N) is 3. The molecule has 3 unspecified atom stereocenters. The van der Waals surface area contributed by atoms with Crippen LogP contribution in [0.3, 0.4) is 0 Å². The molecule has 6 aromatic rings. The van der Waals surface area contributed by atoms with Crippen LogP contribution in [0.2, 0.25) is 0 Å². The number of nitrogens with zero attached hydrogens (tertiary/aromatic N) is 4. The van der Waals surface area contributed by atoms with Crippen LogP contribution in [0.25, 0.3) is 0 Å². The Morgan fingerprint density at radius 3 is 0.939 bits per heavy atom. The van der Waals surface area contributed by atoms with E-state index in [1.807, 2.05) is 0 Å². The molecule has 438 valence electrons. The number of benzene rings is 3. The molecule has 0 fully saturated rings. The van der Waals surface area contributed by atoms with Gasteiger partial charge >= 0.3 is 23.8 Å². The lowest BCUT2D eigenvalue weighted by Crippen LogP contribution is -2.87. The predicted octanol–water partition coefficient (Wildman–Crippen LogP) is 6.88. The maximum atomic E-state index is 16.7. The van der Waals surface area contributed by atoms with Gasteiger partial charge in [0.25, 0.3) is 0 Å². The summed E-state index contributed by atoms with van der Waals surface area (Å²) < 4.78 is 40.0. The number of carboxylic acid groups (broad SMARTS) is 3. The van der Waals surface area contributed by atoms with Gasteiger partial charge in [-0.05, 0) is 36.0 Å². The van der Waals surface area contributed by atoms with E-state index < -0.39 is 135 Å². The SMILES string of the molecule is CCC(NC(=O)O)(c1c(OCc2ccccc2)c(=O)ccn1CCOC)C([N+](=O)[O-])(C(CC)(NC(=O)O)c1c(OCc2ccccc2)c(=O)ccn1CCOC)C(CC)(NC(=O)O)c1c(OCc2ccccc2)c(=O)ccn1CCOC. The second-order valence-corrected chi connectivity index (χ2v) is 19.0. The van der Waals surface area contributed by atoms with Crippen molar-refractivity contribution in [1.82, 2.24) is 29.7 Å². The zero-order valence-electron chi connectivity index (χ0n) is 46.5. The monoisotopic (exact) mass is 1140 g/mol. The Balaban J connectivity index is 2.10. The van der Waals surface area contributed by atoms with Crippen molar-refractivity contribution in [3.63, 3.8) is 0 Å². The molecule has 0 aliphatic heterocycles. The smallest absolute Gasteiger partial charge is 0.405 e. The van der Waals surface area contributed by atoms with Gasteiger partial charge in [-0.3, -0.25) is 24.5 Å². The van der Waals surface area contributed by atoms with Crippen LogP contribution in [-0.2, 0) is 70.3 Å². The summed E-state index contributed by atoms with van der Waals surface area (Å²) in [5.41, 5.74) is -17.2. The maximum Gasteiger partial charge on any atom is 0.405 e. The fourth-order valence-electron chi connectivity index (χ4n) is 11.3. The van der Waals surface area contributed by atoms with Crippen molar-refractivity contribution >= 4 is 18.3 Å². The van der Waals surface area contributed by atoms with E-state index >= 15 is 24.5 Å². The van der Waals surface area contributed by atoms with E-state index in [9.17, 15) is 29.7 Å². The molecule has 82 heavy (non-hydrogen) atoms. The van der Waals surface area contributed by atoms with Gasteiger partial charge in [0.15, 0.2) is 33.9 Å². The number of carbonyl (C=O) groups is 3. The molecule has 0 bridgehead atoms. The third kappa shape index (κ3) is 12.3. The third-order valence-corrected chi connectivity index (χ3v) is 14.6. The van der Waals surface area contributed by atoms with Crippen LogP contribution in [0.4, 0.5) is 14.4 Å². The first-order chi connectivity index (χ1) is 39.4. The first-order valence-corrected chi connectivity index (χ1v) is 26.3. The highest BCUT2D eigenvalue weighted by atomic mass is 16.6. The Kier molecular flexibility index (Phi) is 21.2. The average Bonchev–Trinajstić information content (AvgIpc) is 0.690. The van der Waals surface area contributed by atoms with Crippen LogP contribution in [0.1, 0.15) is 73.8 Å². The molecule has 3 atom stereocenters. The molecule has 3 amide bonds. The molecule has 0 spiro atoms. The van der Waals surface area contributed by atoms with Crippen molar-refractivity contribution in [1.29, 1.82) is 0 Å². The van der Waals surface area contributed by atoms with Crippen LogP contribution in [-0.4, -0.2) is 98.9 Å². The lowest BCUT2D eigenvalue weighted by molar-refractivity contribution is -0.621. The Morgan fingerprint density at radius 1 is 0.476 bits per heavy atom. The van der Waals surface area contributed by atoms with E-state index in [0.717, 1.165) is 18.2 Å². The first-order valence-electron chi connectivity index (χ1n) is 26.3.